The summed E-state index contributed by atoms with van der Waals surface area (Å²) in [4.78, 5) is 2.47. The monoisotopic (exact) mass is 517 g/mol. The first-order valence-electron chi connectivity index (χ1n) is 14.4. The molecule has 0 radical (unpaired) electrons. The maximum atomic E-state index is 2.62. The molecule has 2 fully saturated rings. The molecule has 1 unspecified atom stereocenters. The summed E-state index contributed by atoms with van der Waals surface area (Å²) < 4.78 is 0. The van der Waals surface area contributed by atoms with Crippen molar-refractivity contribution in [2.45, 2.75) is 88.5 Å². The lowest BCUT2D eigenvalue weighted by Gasteiger charge is -2.43. The van der Waals surface area contributed by atoms with Crippen molar-refractivity contribution in [3.05, 3.63) is 83.4 Å². The minimum absolute atomic E-state index is 0.140. The molecule has 1 nitrogen and oxygen atoms in total. The Morgan fingerprint density at radius 1 is 0.694 bits per heavy atom. The van der Waals surface area contributed by atoms with Crippen LogP contribution in [0.15, 0.2) is 83.4 Å². The summed E-state index contributed by atoms with van der Waals surface area (Å²) in [7, 11) is 3.89. The summed E-state index contributed by atoms with van der Waals surface area (Å²) in [6.07, 6.45) is 19.8. The van der Waals surface area contributed by atoms with Crippen LogP contribution in [0, 0.1) is 5.92 Å². The SMILES string of the molecule is C[C@H](C1C=CC(P(c2ccccc2)c2ccccc2)=C1P(C1CCCCC1)C1CCCCC1)N(C)C. The van der Waals surface area contributed by atoms with Crippen LogP contribution in [0.5, 0.6) is 0 Å². The van der Waals surface area contributed by atoms with E-state index >= 15 is 0 Å². The largest absolute Gasteiger partial charge is 0.306 e. The summed E-state index contributed by atoms with van der Waals surface area (Å²) in [5.74, 6) is 0.558. The molecule has 36 heavy (non-hydrogen) atoms. The Bertz CT molecular complexity index is 959. The van der Waals surface area contributed by atoms with Crippen molar-refractivity contribution < 1.29 is 0 Å². The van der Waals surface area contributed by atoms with Gasteiger partial charge in [-0.3, -0.25) is 0 Å². The van der Waals surface area contributed by atoms with Crippen molar-refractivity contribution in [2.24, 2.45) is 5.92 Å². The maximum absolute atomic E-state index is 2.62. The van der Waals surface area contributed by atoms with Crippen LogP contribution >= 0.6 is 15.8 Å². The molecule has 0 aromatic heterocycles. The Kier molecular flexibility index (Phi) is 9.17. The van der Waals surface area contributed by atoms with Crippen LogP contribution in [-0.2, 0) is 0 Å². The molecular formula is C33H45NP2. The molecular weight excluding hydrogens is 472 g/mol. The fraction of sp³-hybridized carbons (Fsp3) is 0.515. The van der Waals surface area contributed by atoms with E-state index in [1.54, 1.807) is 5.31 Å². The fourth-order valence-corrected chi connectivity index (χ4v) is 14.0. The third kappa shape index (κ3) is 5.75. The smallest absolute Gasteiger partial charge is 0.0186 e. The second-order valence-electron chi connectivity index (χ2n) is 11.4. The molecule has 0 amide bonds. The highest BCUT2D eigenvalue weighted by Crippen LogP contribution is 2.68. The fourth-order valence-electron chi connectivity index (χ4n) is 6.74. The summed E-state index contributed by atoms with van der Waals surface area (Å²) in [5.41, 5.74) is 1.86. The van der Waals surface area contributed by atoms with E-state index in [1.165, 1.54) is 74.8 Å². The second kappa shape index (κ2) is 12.5. The third-order valence-electron chi connectivity index (χ3n) is 8.86. The van der Waals surface area contributed by atoms with Crippen LogP contribution in [-0.4, -0.2) is 36.4 Å². The Hall–Kier alpha value is -1.26. The zero-order valence-corrected chi connectivity index (χ0v) is 24.4. The minimum Gasteiger partial charge on any atom is -0.306 e. The van der Waals surface area contributed by atoms with Gasteiger partial charge in [0.1, 0.15) is 0 Å². The highest BCUT2D eigenvalue weighted by Gasteiger charge is 2.41. The van der Waals surface area contributed by atoms with Gasteiger partial charge in [-0.05, 0) is 87.2 Å². The predicted molar refractivity (Wildman–Crippen MR) is 163 cm³/mol. The lowest BCUT2D eigenvalue weighted by Crippen LogP contribution is -2.33. The Morgan fingerprint density at radius 2 is 1.17 bits per heavy atom. The first-order chi connectivity index (χ1) is 17.6. The standard InChI is InChI=1S/C33H45NP2/c1-26(34(2)3)31-24-25-32(35(27-16-8-4-9-17-27)28-18-10-5-11-19-28)33(31)36(29-20-12-6-13-21-29)30-22-14-7-15-23-30/h4-5,8-11,16-19,24-26,29-31H,6-7,12-15,20-23H2,1-3H3/t26-,31?/m1/s1. The number of rotatable bonds is 8. The van der Waals surface area contributed by atoms with E-state index < -0.39 is 7.92 Å². The first-order valence-corrected chi connectivity index (χ1v) is 17.2. The highest BCUT2D eigenvalue weighted by atomic mass is 31.1. The van der Waals surface area contributed by atoms with Gasteiger partial charge in [-0.25, -0.2) is 0 Å². The van der Waals surface area contributed by atoms with Crippen LogP contribution in [0.2, 0.25) is 0 Å². The Balaban J connectivity index is 1.69. The van der Waals surface area contributed by atoms with E-state index in [9.17, 15) is 0 Å². The second-order valence-corrected chi connectivity index (χ2v) is 16.3. The number of allylic oxidation sites excluding steroid dienone is 2. The summed E-state index contributed by atoms with van der Waals surface area (Å²) in [6, 6.07) is 23.4. The Labute approximate surface area is 223 Å². The van der Waals surface area contributed by atoms with E-state index in [4.69, 9.17) is 0 Å². The molecule has 0 heterocycles. The van der Waals surface area contributed by atoms with Gasteiger partial charge in [-0.1, -0.05) is 119 Å². The van der Waals surface area contributed by atoms with Crippen LogP contribution in [0.25, 0.3) is 0 Å². The normalized spacial score (nSPS) is 22.8. The topological polar surface area (TPSA) is 3.24 Å². The quantitative estimate of drug-likeness (QED) is 0.317. The van der Waals surface area contributed by atoms with Gasteiger partial charge >= 0.3 is 0 Å². The zero-order chi connectivity index (χ0) is 24.9. The number of hydrogen-bond acceptors (Lipinski definition) is 1. The van der Waals surface area contributed by atoms with E-state index in [1.807, 2.05) is 5.31 Å². The zero-order valence-electron chi connectivity index (χ0n) is 22.7. The maximum Gasteiger partial charge on any atom is 0.0186 e. The molecule has 3 aliphatic rings. The van der Waals surface area contributed by atoms with Gasteiger partial charge in [0, 0.05) is 12.0 Å². The lowest BCUT2D eigenvalue weighted by molar-refractivity contribution is 0.280. The molecule has 2 aromatic carbocycles. The van der Waals surface area contributed by atoms with Crippen LogP contribution in [0.3, 0.4) is 0 Å². The molecule has 0 spiro atoms. The molecule has 0 saturated heterocycles. The summed E-state index contributed by atoms with van der Waals surface area (Å²) in [5, 5.41) is 6.64. The lowest BCUT2D eigenvalue weighted by atomic mass is 9.99. The number of benzene rings is 2. The van der Waals surface area contributed by atoms with Gasteiger partial charge in [0.25, 0.3) is 0 Å². The van der Waals surface area contributed by atoms with Crippen molar-refractivity contribution in [2.75, 3.05) is 14.1 Å². The highest BCUT2D eigenvalue weighted by molar-refractivity contribution is 7.78. The molecule has 0 bridgehead atoms. The van der Waals surface area contributed by atoms with E-state index in [2.05, 4.69) is 98.7 Å². The van der Waals surface area contributed by atoms with Gasteiger partial charge in [0.15, 0.2) is 0 Å². The molecule has 2 atom stereocenters. The first kappa shape index (κ1) is 26.4. The van der Waals surface area contributed by atoms with E-state index in [0.29, 0.717) is 12.0 Å². The molecule has 2 saturated carbocycles. The van der Waals surface area contributed by atoms with Crippen LogP contribution in [0.4, 0.5) is 0 Å². The average Bonchev–Trinajstić information content (AvgIpc) is 3.35. The molecule has 2 aromatic rings. The minimum atomic E-state index is -0.546. The van der Waals surface area contributed by atoms with Gasteiger partial charge < -0.3 is 4.90 Å². The predicted octanol–water partition coefficient (Wildman–Crippen LogP) is 8.61. The van der Waals surface area contributed by atoms with Crippen molar-refractivity contribution >= 4 is 26.5 Å². The van der Waals surface area contributed by atoms with Gasteiger partial charge in [-0.15, -0.1) is 0 Å². The van der Waals surface area contributed by atoms with E-state index in [-0.39, 0.29) is 7.92 Å². The molecule has 3 aliphatic carbocycles. The molecule has 0 aliphatic heterocycles. The third-order valence-corrected chi connectivity index (χ3v) is 15.2. The van der Waals surface area contributed by atoms with Crippen molar-refractivity contribution in [1.82, 2.24) is 4.90 Å². The van der Waals surface area contributed by atoms with E-state index in [0.717, 1.165) is 11.3 Å². The molecule has 0 N–H and O–H groups in total. The molecule has 192 valence electrons. The summed E-state index contributed by atoms with van der Waals surface area (Å²) >= 11 is 0. The van der Waals surface area contributed by atoms with Crippen molar-refractivity contribution in [3.63, 3.8) is 0 Å². The van der Waals surface area contributed by atoms with Gasteiger partial charge in [0.05, 0.1) is 0 Å². The van der Waals surface area contributed by atoms with Crippen LogP contribution < -0.4 is 10.6 Å². The van der Waals surface area contributed by atoms with Crippen LogP contribution in [0.1, 0.15) is 71.1 Å². The number of hydrogen-bond donors (Lipinski definition) is 0. The summed E-state index contributed by atoms with van der Waals surface area (Å²) in [6.45, 7) is 2.47. The van der Waals surface area contributed by atoms with Gasteiger partial charge in [0.2, 0.25) is 0 Å². The Morgan fingerprint density at radius 3 is 1.61 bits per heavy atom. The molecule has 5 rings (SSSR count). The van der Waals surface area contributed by atoms with Gasteiger partial charge in [-0.2, -0.15) is 0 Å². The van der Waals surface area contributed by atoms with Crippen molar-refractivity contribution in [1.29, 1.82) is 0 Å². The number of nitrogens with zero attached hydrogens (tertiary/aromatic N) is 1. The molecule has 3 heteroatoms. The van der Waals surface area contributed by atoms with Crippen molar-refractivity contribution in [3.8, 4) is 0 Å². The average molecular weight is 518 g/mol.